The first-order valence-electron chi connectivity index (χ1n) is 13.9. The molecule has 38 heavy (non-hydrogen) atoms. The first kappa shape index (κ1) is 37.1. The van der Waals surface area contributed by atoms with E-state index in [1.165, 1.54) is 113 Å². The van der Waals surface area contributed by atoms with E-state index in [1.807, 2.05) is 0 Å². The molecule has 0 fully saturated rings. The second-order valence-electron chi connectivity index (χ2n) is 8.55. The molecule has 1 aliphatic heterocycles. The van der Waals surface area contributed by atoms with Crippen LogP contribution >= 0.6 is 94.1 Å². The minimum Gasteiger partial charge on any atom is -0.0742 e. The molecule has 0 atom stereocenters. The Morgan fingerprint density at radius 3 is 0.474 bits per heavy atom. The van der Waals surface area contributed by atoms with E-state index in [-0.39, 0.29) is 0 Å². The van der Waals surface area contributed by atoms with Crippen molar-refractivity contribution in [3.8, 4) is 42.0 Å². The SMILES string of the molecule is C1#CSCCCCCSC#CSCCCCCCSC#CSCCCCCSC#CSCCCCCCS1. The lowest BCUT2D eigenvalue weighted by atomic mass is 10.2. The maximum Gasteiger partial charge on any atom is 0.00570 e. The zero-order valence-electron chi connectivity index (χ0n) is 22.8. The van der Waals surface area contributed by atoms with Gasteiger partial charge in [0.2, 0.25) is 0 Å². The molecule has 0 N–H and O–H groups in total. The molecule has 1 aliphatic rings. The standard InChI is InChI=1S/C30H44S8/c1-2-8-16-32-24-28-36-20-12-6-14-22-38-30-26-34-18-10-4-3-9-17-33-25-29-37-21-13-5-11-19-35-27-23-31-15-7-1/h1-22H2. The molecular formula is C30H44S8. The molecule has 0 radical (unpaired) electrons. The van der Waals surface area contributed by atoms with E-state index in [2.05, 4.69) is 42.0 Å². The highest BCUT2D eigenvalue weighted by atomic mass is 32.2. The van der Waals surface area contributed by atoms with Crippen LogP contribution in [-0.2, 0) is 0 Å². The van der Waals surface area contributed by atoms with Crippen LogP contribution in [0.15, 0.2) is 0 Å². The average Bonchev–Trinajstić information content (AvgIpc) is 2.93. The quantitative estimate of drug-likeness (QED) is 0.232. The van der Waals surface area contributed by atoms with E-state index < -0.39 is 0 Å². The molecule has 8 heteroatoms. The van der Waals surface area contributed by atoms with Crippen molar-refractivity contribution in [2.45, 2.75) is 89.9 Å². The molecule has 0 nitrogen and oxygen atoms in total. The predicted octanol–water partition coefficient (Wildman–Crippen LogP) is 11.0. The summed E-state index contributed by atoms with van der Waals surface area (Å²) in [6, 6.07) is 0. The summed E-state index contributed by atoms with van der Waals surface area (Å²) >= 11 is 14.3. The van der Waals surface area contributed by atoms with Gasteiger partial charge in [0.1, 0.15) is 0 Å². The average molecular weight is 661 g/mol. The minimum absolute atomic E-state index is 1.16. The minimum atomic E-state index is 1.16. The lowest BCUT2D eigenvalue weighted by Gasteiger charge is -1.98. The van der Waals surface area contributed by atoms with Gasteiger partial charge in [0, 0.05) is 46.0 Å². The largest absolute Gasteiger partial charge is 0.0742 e. The summed E-state index contributed by atoms with van der Waals surface area (Å²) in [5.41, 5.74) is 0. The van der Waals surface area contributed by atoms with Gasteiger partial charge in [-0.15, -0.1) is 0 Å². The van der Waals surface area contributed by atoms with Gasteiger partial charge in [-0.05, 0) is 93.4 Å². The molecule has 1 rings (SSSR count). The third kappa shape index (κ3) is 31.6. The van der Waals surface area contributed by atoms with E-state index in [4.69, 9.17) is 0 Å². The van der Waals surface area contributed by atoms with Crippen LogP contribution in [0.1, 0.15) is 89.9 Å². The predicted molar refractivity (Wildman–Crippen MR) is 195 cm³/mol. The van der Waals surface area contributed by atoms with Gasteiger partial charge in [-0.25, -0.2) is 0 Å². The molecule has 0 amide bonds. The van der Waals surface area contributed by atoms with E-state index in [0.717, 1.165) is 23.0 Å². The molecular weight excluding hydrogens is 617 g/mol. The van der Waals surface area contributed by atoms with E-state index in [9.17, 15) is 0 Å². The van der Waals surface area contributed by atoms with Crippen molar-refractivity contribution >= 4 is 94.1 Å². The number of rotatable bonds is 0. The van der Waals surface area contributed by atoms with Crippen molar-refractivity contribution in [3.63, 3.8) is 0 Å². The van der Waals surface area contributed by atoms with Crippen LogP contribution in [0.25, 0.3) is 0 Å². The third-order valence-electron chi connectivity index (χ3n) is 5.22. The lowest BCUT2D eigenvalue weighted by molar-refractivity contribution is 0.712. The van der Waals surface area contributed by atoms with Crippen LogP contribution < -0.4 is 0 Å². The molecule has 0 aromatic carbocycles. The Morgan fingerprint density at radius 2 is 0.316 bits per heavy atom. The van der Waals surface area contributed by atoms with Gasteiger partial charge in [0.15, 0.2) is 0 Å². The molecule has 1 heterocycles. The number of hydrogen-bond acceptors (Lipinski definition) is 8. The van der Waals surface area contributed by atoms with Gasteiger partial charge >= 0.3 is 0 Å². The van der Waals surface area contributed by atoms with Crippen molar-refractivity contribution in [1.82, 2.24) is 0 Å². The van der Waals surface area contributed by atoms with Gasteiger partial charge in [-0.3, -0.25) is 0 Å². The molecule has 0 aromatic rings. The summed E-state index contributed by atoms with van der Waals surface area (Å²) in [4.78, 5) is 0. The lowest BCUT2D eigenvalue weighted by Crippen LogP contribution is -1.83. The van der Waals surface area contributed by atoms with Crippen molar-refractivity contribution in [3.05, 3.63) is 0 Å². The van der Waals surface area contributed by atoms with Crippen LogP contribution in [0.5, 0.6) is 0 Å². The van der Waals surface area contributed by atoms with Crippen molar-refractivity contribution in [2.75, 3.05) is 46.0 Å². The summed E-state index contributed by atoms with van der Waals surface area (Å²) in [6.07, 6.45) is 18.0. The van der Waals surface area contributed by atoms with Crippen LogP contribution in [0, 0.1) is 42.0 Å². The fourth-order valence-corrected chi connectivity index (χ4v) is 8.59. The Labute approximate surface area is 269 Å². The van der Waals surface area contributed by atoms with Gasteiger partial charge in [0.05, 0.1) is 0 Å². The van der Waals surface area contributed by atoms with Gasteiger partial charge in [-0.2, -0.15) is 0 Å². The van der Waals surface area contributed by atoms with Crippen LogP contribution in [0.3, 0.4) is 0 Å². The summed E-state index contributed by atoms with van der Waals surface area (Å²) in [7, 11) is 0. The second kappa shape index (κ2) is 34.2. The maximum absolute atomic E-state index is 3.26. The Hall–Kier alpha value is 1.04. The fourth-order valence-electron chi connectivity index (χ4n) is 3.10. The highest BCUT2D eigenvalue weighted by molar-refractivity contribution is 8.08. The topological polar surface area (TPSA) is 0 Å². The van der Waals surface area contributed by atoms with E-state index >= 15 is 0 Å². The highest BCUT2D eigenvalue weighted by Gasteiger charge is 1.94. The normalized spacial score (nSPS) is 20.6. The molecule has 0 aromatic heterocycles. The van der Waals surface area contributed by atoms with Crippen molar-refractivity contribution in [2.24, 2.45) is 0 Å². The Morgan fingerprint density at radius 1 is 0.184 bits per heavy atom. The Kier molecular flexibility index (Phi) is 33.4. The summed E-state index contributed by atoms with van der Waals surface area (Å²) in [5, 5.41) is 26.1. The van der Waals surface area contributed by atoms with Gasteiger partial charge in [0.25, 0.3) is 0 Å². The first-order valence-corrected chi connectivity index (χ1v) is 21.8. The maximum atomic E-state index is 3.26. The molecule has 0 saturated heterocycles. The number of thioether (sulfide) groups is 8. The van der Waals surface area contributed by atoms with Crippen LogP contribution in [0.4, 0.5) is 0 Å². The molecule has 0 unspecified atom stereocenters. The first-order chi connectivity index (χ1) is 19.0. The van der Waals surface area contributed by atoms with Gasteiger partial charge in [-0.1, -0.05) is 133 Å². The molecule has 0 aliphatic carbocycles. The highest BCUT2D eigenvalue weighted by Crippen LogP contribution is 2.14. The smallest absolute Gasteiger partial charge is 0.00570 e. The van der Waals surface area contributed by atoms with Crippen molar-refractivity contribution in [1.29, 1.82) is 0 Å². The molecule has 0 bridgehead atoms. The zero-order chi connectivity index (χ0) is 26.9. The van der Waals surface area contributed by atoms with Crippen LogP contribution in [-0.4, -0.2) is 46.0 Å². The fraction of sp³-hybridized carbons (Fsp3) is 0.733. The van der Waals surface area contributed by atoms with Crippen molar-refractivity contribution < 1.29 is 0 Å². The summed E-state index contributed by atoms with van der Waals surface area (Å²) < 4.78 is 0. The summed E-state index contributed by atoms with van der Waals surface area (Å²) in [5.74, 6) is 9.29. The number of hydrogen-bond donors (Lipinski definition) is 0. The van der Waals surface area contributed by atoms with E-state index in [0.29, 0.717) is 0 Å². The monoisotopic (exact) mass is 660 g/mol. The molecule has 212 valence electrons. The van der Waals surface area contributed by atoms with E-state index in [1.54, 1.807) is 94.1 Å². The zero-order valence-corrected chi connectivity index (χ0v) is 29.4. The Balaban J connectivity index is 2.15. The molecule has 0 spiro atoms. The summed E-state index contributed by atoms with van der Waals surface area (Å²) in [6.45, 7) is 0. The second-order valence-corrected chi connectivity index (χ2v) is 15.8. The van der Waals surface area contributed by atoms with Crippen LogP contribution in [0.2, 0.25) is 0 Å². The van der Waals surface area contributed by atoms with Gasteiger partial charge < -0.3 is 0 Å². The third-order valence-corrected chi connectivity index (χ3v) is 11.6. The Bertz CT molecular complexity index is 639. The molecule has 0 saturated carbocycles.